The second kappa shape index (κ2) is 11.9. The SMILES string of the molecule is CCOC(CNC(=O)c1ccc2c(c1)N(C)C(=O)/C(=C/c1ccc(OC)c(OC)c1)S2)OCC. The number of amides is 2. The lowest BCUT2D eigenvalue weighted by Crippen LogP contribution is -2.35. The van der Waals surface area contributed by atoms with Gasteiger partial charge in [0.1, 0.15) is 0 Å². The molecule has 2 aromatic rings. The Labute approximate surface area is 204 Å². The second-order valence-electron chi connectivity index (χ2n) is 7.32. The highest BCUT2D eigenvalue weighted by atomic mass is 32.2. The number of methoxy groups -OCH3 is 2. The summed E-state index contributed by atoms with van der Waals surface area (Å²) < 4.78 is 21.6. The Morgan fingerprint density at radius 2 is 1.76 bits per heavy atom. The number of fused-ring (bicyclic) bond motifs is 1. The van der Waals surface area contributed by atoms with Crippen LogP contribution in [0.25, 0.3) is 6.08 Å². The molecule has 0 saturated carbocycles. The summed E-state index contributed by atoms with van der Waals surface area (Å²) in [6.45, 7) is 4.95. The molecule has 0 fully saturated rings. The van der Waals surface area contributed by atoms with Gasteiger partial charge in [0, 0.05) is 30.7 Å². The summed E-state index contributed by atoms with van der Waals surface area (Å²) in [6.07, 6.45) is 1.32. The number of rotatable bonds is 10. The van der Waals surface area contributed by atoms with Crippen LogP contribution in [0.5, 0.6) is 11.5 Å². The molecule has 2 amide bonds. The van der Waals surface area contributed by atoms with Gasteiger partial charge in [-0.05, 0) is 55.8 Å². The van der Waals surface area contributed by atoms with Crippen molar-refractivity contribution < 1.29 is 28.5 Å². The van der Waals surface area contributed by atoms with Gasteiger partial charge in [0.05, 0.1) is 31.4 Å². The molecule has 182 valence electrons. The molecule has 0 unspecified atom stereocenters. The summed E-state index contributed by atoms with van der Waals surface area (Å²) in [6, 6.07) is 10.8. The van der Waals surface area contributed by atoms with Gasteiger partial charge in [-0.2, -0.15) is 0 Å². The average molecular weight is 487 g/mol. The number of nitrogens with zero attached hydrogens (tertiary/aromatic N) is 1. The van der Waals surface area contributed by atoms with Crippen LogP contribution >= 0.6 is 11.8 Å². The van der Waals surface area contributed by atoms with Crippen molar-refractivity contribution in [2.45, 2.75) is 25.0 Å². The third-order valence-corrected chi connectivity index (χ3v) is 6.24. The Balaban J connectivity index is 1.78. The zero-order valence-electron chi connectivity index (χ0n) is 20.0. The van der Waals surface area contributed by atoms with Crippen LogP contribution in [0.2, 0.25) is 0 Å². The number of ether oxygens (including phenoxy) is 4. The van der Waals surface area contributed by atoms with Crippen LogP contribution in [-0.4, -0.2) is 59.1 Å². The monoisotopic (exact) mass is 486 g/mol. The van der Waals surface area contributed by atoms with E-state index in [0.29, 0.717) is 40.9 Å². The van der Waals surface area contributed by atoms with E-state index in [9.17, 15) is 9.59 Å². The molecular formula is C25H30N2O6S. The summed E-state index contributed by atoms with van der Waals surface area (Å²) in [7, 11) is 4.85. The first-order valence-electron chi connectivity index (χ1n) is 11.0. The smallest absolute Gasteiger partial charge is 0.264 e. The predicted molar refractivity (Wildman–Crippen MR) is 133 cm³/mol. The number of hydrogen-bond donors (Lipinski definition) is 1. The number of hydrogen-bond acceptors (Lipinski definition) is 7. The molecule has 1 N–H and O–H groups in total. The van der Waals surface area contributed by atoms with Gasteiger partial charge in [0.15, 0.2) is 17.8 Å². The van der Waals surface area contributed by atoms with Gasteiger partial charge in [-0.25, -0.2) is 0 Å². The fraction of sp³-hybridized carbons (Fsp3) is 0.360. The summed E-state index contributed by atoms with van der Waals surface area (Å²) in [5.74, 6) is 0.794. The van der Waals surface area contributed by atoms with E-state index >= 15 is 0 Å². The highest BCUT2D eigenvalue weighted by Gasteiger charge is 2.27. The van der Waals surface area contributed by atoms with Crippen LogP contribution in [-0.2, 0) is 14.3 Å². The Bertz CT molecular complexity index is 1070. The normalized spacial score (nSPS) is 14.4. The lowest BCUT2D eigenvalue weighted by molar-refractivity contribution is -0.131. The van der Waals surface area contributed by atoms with E-state index in [1.54, 1.807) is 44.4 Å². The number of benzene rings is 2. The standard InChI is InChI=1S/C25H30N2O6S/c1-6-32-23(33-7-2)15-26-24(28)17-9-11-21-18(14-17)27(3)25(29)22(34-21)13-16-8-10-19(30-4)20(12-16)31-5/h8-14,23H,6-7,15H2,1-5H3,(H,26,28)/b22-13-. The minimum Gasteiger partial charge on any atom is -0.493 e. The Morgan fingerprint density at radius 1 is 1.06 bits per heavy atom. The van der Waals surface area contributed by atoms with Crippen molar-refractivity contribution in [3.63, 3.8) is 0 Å². The first-order chi connectivity index (χ1) is 16.4. The van der Waals surface area contributed by atoms with Crippen molar-refractivity contribution in [1.82, 2.24) is 5.32 Å². The minimum absolute atomic E-state index is 0.155. The maximum absolute atomic E-state index is 13.1. The van der Waals surface area contributed by atoms with E-state index in [2.05, 4.69) is 5.32 Å². The van der Waals surface area contributed by atoms with Crippen LogP contribution in [0.1, 0.15) is 29.8 Å². The summed E-state index contributed by atoms with van der Waals surface area (Å²) in [4.78, 5) is 28.7. The van der Waals surface area contributed by atoms with Crippen LogP contribution < -0.4 is 19.7 Å². The number of nitrogens with one attached hydrogen (secondary N) is 1. The van der Waals surface area contributed by atoms with E-state index in [-0.39, 0.29) is 18.4 Å². The third kappa shape index (κ3) is 5.91. The Hall–Kier alpha value is -3.01. The molecule has 2 aromatic carbocycles. The molecule has 1 aliphatic heterocycles. The first-order valence-corrected chi connectivity index (χ1v) is 11.8. The number of likely N-dealkylation sites (N-methyl/N-ethyl adjacent to an activating group) is 1. The fourth-order valence-electron chi connectivity index (χ4n) is 3.44. The van der Waals surface area contributed by atoms with Gasteiger partial charge in [0.25, 0.3) is 11.8 Å². The van der Waals surface area contributed by atoms with Crippen LogP contribution in [0.4, 0.5) is 5.69 Å². The average Bonchev–Trinajstić information content (AvgIpc) is 2.85. The molecule has 0 spiro atoms. The predicted octanol–water partition coefficient (Wildman–Crippen LogP) is 3.94. The van der Waals surface area contributed by atoms with Crippen molar-refractivity contribution in [3.8, 4) is 11.5 Å². The van der Waals surface area contributed by atoms with Crippen molar-refractivity contribution in [2.75, 3.05) is 45.9 Å². The van der Waals surface area contributed by atoms with E-state index in [1.165, 1.54) is 11.8 Å². The van der Waals surface area contributed by atoms with Gasteiger partial charge >= 0.3 is 0 Å². The lowest BCUT2D eigenvalue weighted by Gasteiger charge is -2.27. The second-order valence-corrected chi connectivity index (χ2v) is 8.41. The molecule has 1 aliphatic rings. The molecular weight excluding hydrogens is 456 g/mol. The largest absolute Gasteiger partial charge is 0.493 e. The fourth-order valence-corrected chi connectivity index (χ4v) is 4.54. The molecule has 9 heteroatoms. The number of carbonyl (C=O) groups excluding carboxylic acids is 2. The maximum Gasteiger partial charge on any atom is 0.264 e. The van der Waals surface area contributed by atoms with E-state index in [4.69, 9.17) is 18.9 Å². The molecule has 0 bridgehead atoms. The quantitative estimate of drug-likeness (QED) is 0.402. The van der Waals surface area contributed by atoms with Crippen LogP contribution in [0.3, 0.4) is 0 Å². The molecule has 0 saturated heterocycles. The topological polar surface area (TPSA) is 86.3 Å². The molecule has 34 heavy (non-hydrogen) atoms. The zero-order valence-corrected chi connectivity index (χ0v) is 20.9. The van der Waals surface area contributed by atoms with Gasteiger partial charge in [-0.15, -0.1) is 0 Å². The van der Waals surface area contributed by atoms with Crippen LogP contribution in [0.15, 0.2) is 46.2 Å². The Morgan fingerprint density at radius 3 is 2.41 bits per heavy atom. The van der Waals surface area contributed by atoms with Gasteiger partial charge < -0.3 is 29.2 Å². The van der Waals surface area contributed by atoms with Gasteiger partial charge in [0.2, 0.25) is 0 Å². The Kier molecular flexibility index (Phi) is 8.98. The highest BCUT2D eigenvalue weighted by molar-refractivity contribution is 8.04. The minimum atomic E-state index is -0.499. The van der Waals surface area contributed by atoms with Gasteiger partial charge in [-0.3, -0.25) is 9.59 Å². The summed E-state index contributed by atoms with van der Waals surface area (Å²) in [5, 5.41) is 2.83. The van der Waals surface area contributed by atoms with Crippen LogP contribution in [0, 0.1) is 0 Å². The summed E-state index contributed by atoms with van der Waals surface area (Å²) >= 11 is 1.37. The number of carbonyl (C=O) groups is 2. The van der Waals surface area contributed by atoms with Crippen molar-refractivity contribution in [2.24, 2.45) is 0 Å². The van der Waals surface area contributed by atoms with E-state index < -0.39 is 6.29 Å². The molecule has 0 radical (unpaired) electrons. The van der Waals surface area contributed by atoms with Gasteiger partial charge in [-0.1, -0.05) is 17.8 Å². The first kappa shape index (κ1) is 25.6. The molecule has 0 aliphatic carbocycles. The number of anilines is 1. The molecule has 0 aromatic heterocycles. The maximum atomic E-state index is 13.1. The van der Waals surface area contributed by atoms with E-state index in [0.717, 1.165) is 10.5 Å². The van der Waals surface area contributed by atoms with E-state index in [1.807, 2.05) is 38.1 Å². The van der Waals surface area contributed by atoms with Crippen molar-refractivity contribution in [1.29, 1.82) is 0 Å². The zero-order chi connectivity index (χ0) is 24.7. The lowest BCUT2D eigenvalue weighted by atomic mass is 10.1. The van der Waals surface area contributed by atoms with Crippen molar-refractivity contribution >= 4 is 35.3 Å². The molecule has 8 nitrogen and oxygen atoms in total. The van der Waals surface area contributed by atoms with Crippen molar-refractivity contribution in [3.05, 3.63) is 52.4 Å². The highest BCUT2D eigenvalue weighted by Crippen LogP contribution is 2.42. The molecule has 1 heterocycles. The molecule has 0 atom stereocenters. The third-order valence-electron chi connectivity index (χ3n) is 5.16. The summed E-state index contributed by atoms with van der Waals surface area (Å²) in [5.41, 5.74) is 1.95. The number of thioether (sulfide) groups is 1. The molecule has 3 rings (SSSR count).